The van der Waals surface area contributed by atoms with Crippen LogP contribution in [0, 0.1) is 13.8 Å². The van der Waals surface area contributed by atoms with Gasteiger partial charge in [0.1, 0.15) is 0 Å². The van der Waals surface area contributed by atoms with Crippen LogP contribution in [0.2, 0.25) is 0 Å². The predicted molar refractivity (Wildman–Crippen MR) is 103 cm³/mol. The summed E-state index contributed by atoms with van der Waals surface area (Å²) >= 11 is 0. The zero-order chi connectivity index (χ0) is 18.7. The van der Waals surface area contributed by atoms with E-state index in [0.717, 1.165) is 15.4 Å². The number of rotatable bonds is 4. The second-order valence-corrected chi connectivity index (χ2v) is 7.88. The molecule has 3 rings (SSSR count). The summed E-state index contributed by atoms with van der Waals surface area (Å²) in [6.07, 6.45) is 0. The van der Waals surface area contributed by atoms with E-state index in [4.69, 9.17) is 0 Å². The van der Waals surface area contributed by atoms with Gasteiger partial charge in [0.05, 0.1) is 10.6 Å². The number of nitrogens with zero attached hydrogens (tertiary/aromatic N) is 1. The van der Waals surface area contributed by atoms with Crippen LogP contribution in [0.5, 0.6) is 0 Å². The third kappa shape index (κ3) is 3.53. The summed E-state index contributed by atoms with van der Waals surface area (Å²) in [5, 5.41) is 0. The SMILES string of the molecule is Cc1ccc(N(C(=O)c2cccc(C)c2)S(=O)(=O)c2ccccc2)cc1. The second-order valence-electron chi connectivity index (χ2n) is 6.09. The summed E-state index contributed by atoms with van der Waals surface area (Å²) in [6, 6.07) is 21.7. The number of carbonyl (C=O) groups excluding carboxylic acids is 1. The zero-order valence-corrected chi connectivity index (χ0v) is 15.4. The monoisotopic (exact) mass is 365 g/mol. The molecule has 0 bridgehead atoms. The zero-order valence-electron chi connectivity index (χ0n) is 14.6. The van der Waals surface area contributed by atoms with Gasteiger partial charge in [-0.25, -0.2) is 8.42 Å². The Kier molecular flexibility index (Phi) is 4.91. The lowest BCUT2D eigenvalue weighted by Crippen LogP contribution is -2.37. The minimum absolute atomic E-state index is 0.0709. The third-order valence-electron chi connectivity index (χ3n) is 4.00. The van der Waals surface area contributed by atoms with Crippen LogP contribution < -0.4 is 4.31 Å². The van der Waals surface area contributed by atoms with Gasteiger partial charge >= 0.3 is 0 Å². The van der Waals surface area contributed by atoms with Crippen LogP contribution in [-0.2, 0) is 10.0 Å². The molecule has 0 aromatic heterocycles. The Hall–Kier alpha value is -2.92. The topological polar surface area (TPSA) is 54.5 Å². The van der Waals surface area contributed by atoms with Gasteiger partial charge < -0.3 is 0 Å². The molecule has 0 atom stereocenters. The van der Waals surface area contributed by atoms with E-state index in [1.165, 1.54) is 12.1 Å². The Labute approximate surface area is 153 Å². The lowest BCUT2D eigenvalue weighted by molar-refractivity contribution is 0.101. The van der Waals surface area contributed by atoms with Crippen LogP contribution in [-0.4, -0.2) is 14.3 Å². The van der Waals surface area contributed by atoms with Gasteiger partial charge in [-0.05, 0) is 50.2 Å². The Bertz CT molecular complexity index is 1030. The first kappa shape index (κ1) is 17.9. The molecule has 0 heterocycles. The Morgan fingerprint density at radius 3 is 2.04 bits per heavy atom. The molecule has 0 aliphatic rings. The Morgan fingerprint density at radius 1 is 0.769 bits per heavy atom. The van der Waals surface area contributed by atoms with Crippen molar-refractivity contribution in [1.29, 1.82) is 0 Å². The smallest absolute Gasteiger partial charge is 0.268 e. The van der Waals surface area contributed by atoms with Gasteiger partial charge in [-0.15, -0.1) is 0 Å². The maximum Gasteiger partial charge on any atom is 0.272 e. The number of amides is 1. The lowest BCUT2D eigenvalue weighted by Gasteiger charge is -2.23. The first-order valence-electron chi connectivity index (χ1n) is 8.17. The number of aryl methyl sites for hydroxylation is 2. The second kappa shape index (κ2) is 7.14. The van der Waals surface area contributed by atoms with Crippen LogP contribution in [0.25, 0.3) is 0 Å². The van der Waals surface area contributed by atoms with Gasteiger partial charge in [-0.2, -0.15) is 4.31 Å². The van der Waals surface area contributed by atoms with E-state index in [1.807, 2.05) is 19.9 Å². The highest BCUT2D eigenvalue weighted by molar-refractivity contribution is 7.93. The third-order valence-corrected chi connectivity index (χ3v) is 5.72. The number of carbonyl (C=O) groups is 1. The van der Waals surface area contributed by atoms with Gasteiger partial charge in [-0.1, -0.05) is 53.6 Å². The molecule has 0 radical (unpaired) electrons. The van der Waals surface area contributed by atoms with Crippen LogP contribution in [0.3, 0.4) is 0 Å². The standard InChI is InChI=1S/C21H19NO3S/c1-16-11-13-19(14-12-16)22(21(23)18-8-6-7-17(2)15-18)26(24,25)20-9-4-3-5-10-20/h3-15H,1-2H3. The molecule has 0 aliphatic heterocycles. The average Bonchev–Trinajstić information content (AvgIpc) is 2.64. The molecular formula is C21H19NO3S. The molecule has 0 saturated heterocycles. The molecule has 0 unspecified atom stereocenters. The molecule has 0 fully saturated rings. The molecule has 0 saturated carbocycles. The van der Waals surface area contributed by atoms with E-state index in [9.17, 15) is 13.2 Å². The van der Waals surface area contributed by atoms with Crippen LogP contribution >= 0.6 is 0 Å². The molecule has 1 amide bonds. The summed E-state index contributed by atoms with van der Waals surface area (Å²) in [4.78, 5) is 13.2. The van der Waals surface area contributed by atoms with Crippen molar-refractivity contribution >= 4 is 21.6 Å². The molecule has 5 heteroatoms. The number of hydrogen-bond donors (Lipinski definition) is 0. The number of benzene rings is 3. The van der Waals surface area contributed by atoms with E-state index < -0.39 is 15.9 Å². The largest absolute Gasteiger partial charge is 0.272 e. The fraction of sp³-hybridized carbons (Fsp3) is 0.0952. The quantitative estimate of drug-likeness (QED) is 0.691. The summed E-state index contributed by atoms with van der Waals surface area (Å²) in [5.74, 6) is -0.582. The van der Waals surface area contributed by atoms with E-state index in [2.05, 4.69) is 0 Å². The average molecular weight is 365 g/mol. The van der Waals surface area contributed by atoms with Gasteiger partial charge in [-0.3, -0.25) is 4.79 Å². The van der Waals surface area contributed by atoms with Gasteiger partial charge in [0, 0.05) is 5.56 Å². The summed E-state index contributed by atoms with van der Waals surface area (Å²) in [6.45, 7) is 3.76. The van der Waals surface area contributed by atoms with Crippen molar-refractivity contribution in [3.63, 3.8) is 0 Å². The molecule has 26 heavy (non-hydrogen) atoms. The van der Waals surface area contributed by atoms with Gasteiger partial charge in [0.25, 0.3) is 15.9 Å². The van der Waals surface area contributed by atoms with E-state index >= 15 is 0 Å². The molecule has 132 valence electrons. The first-order chi connectivity index (χ1) is 12.4. The fourth-order valence-corrected chi connectivity index (χ4v) is 4.07. The highest BCUT2D eigenvalue weighted by Gasteiger charge is 2.31. The first-order valence-corrected chi connectivity index (χ1v) is 9.61. The van der Waals surface area contributed by atoms with Crippen molar-refractivity contribution < 1.29 is 13.2 Å². The van der Waals surface area contributed by atoms with Crippen molar-refractivity contribution in [3.8, 4) is 0 Å². The molecule has 0 aliphatic carbocycles. The number of anilines is 1. The normalized spacial score (nSPS) is 11.2. The van der Waals surface area contributed by atoms with Crippen LogP contribution in [0.1, 0.15) is 21.5 Å². The molecule has 4 nitrogen and oxygen atoms in total. The molecular weight excluding hydrogens is 346 g/mol. The van der Waals surface area contributed by atoms with Crippen molar-refractivity contribution in [2.45, 2.75) is 18.7 Å². The molecule has 3 aromatic carbocycles. The Balaban J connectivity index is 2.17. The Morgan fingerprint density at radius 2 is 1.42 bits per heavy atom. The van der Waals surface area contributed by atoms with Crippen LogP contribution in [0.15, 0.2) is 83.8 Å². The molecule has 0 N–H and O–H groups in total. The van der Waals surface area contributed by atoms with Gasteiger partial charge in [0.2, 0.25) is 0 Å². The van der Waals surface area contributed by atoms with Crippen molar-refractivity contribution in [2.75, 3.05) is 4.31 Å². The summed E-state index contributed by atoms with van der Waals surface area (Å²) < 4.78 is 27.3. The van der Waals surface area contributed by atoms with E-state index in [-0.39, 0.29) is 4.90 Å². The fourth-order valence-electron chi connectivity index (χ4n) is 2.64. The summed E-state index contributed by atoms with van der Waals surface area (Å²) in [5.41, 5.74) is 2.50. The summed E-state index contributed by atoms with van der Waals surface area (Å²) in [7, 11) is -4.04. The number of hydrogen-bond acceptors (Lipinski definition) is 3. The maximum absolute atomic E-state index is 13.2. The minimum atomic E-state index is -4.04. The van der Waals surface area contributed by atoms with Crippen molar-refractivity contribution in [1.82, 2.24) is 0 Å². The molecule has 0 spiro atoms. The highest BCUT2D eigenvalue weighted by atomic mass is 32.2. The van der Waals surface area contributed by atoms with Crippen molar-refractivity contribution in [2.24, 2.45) is 0 Å². The van der Waals surface area contributed by atoms with E-state index in [0.29, 0.717) is 11.3 Å². The minimum Gasteiger partial charge on any atom is -0.268 e. The predicted octanol–water partition coefficient (Wildman–Crippen LogP) is 4.34. The molecule has 3 aromatic rings. The maximum atomic E-state index is 13.2. The number of sulfonamides is 1. The highest BCUT2D eigenvalue weighted by Crippen LogP contribution is 2.26. The van der Waals surface area contributed by atoms with Crippen molar-refractivity contribution in [3.05, 3.63) is 95.6 Å². The van der Waals surface area contributed by atoms with Gasteiger partial charge in [0.15, 0.2) is 0 Å². The van der Waals surface area contributed by atoms with E-state index in [1.54, 1.807) is 60.7 Å². The van der Waals surface area contributed by atoms with Crippen LogP contribution in [0.4, 0.5) is 5.69 Å². The lowest BCUT2D eigenvalue weighted by atomic mass is 10.1.